The Hall–Kier alpha value is -2.40. The van der Waals surface area contributed by atoms with E-state index in [1.165, 1.54) is 5.56 Å². The van der Waals surface area contributed by atoms with Crippen LogP contribution < -0.4 is 14.8 Å². The van der Waals surface area contributed by atoms with Crippen LogP contribution in [0.15, 0.2) is 36.4 Å². The third-order valence-electron chi connectivity index (χ3n) is 4.58. The zero-order valence-corrected chi connectivity index (χ0v) is 15.8. The molecule has 0 atom stereocenters. The summed E-state index contributed by atoms with van der Waals surface area (Å²) in [6, 6.07) is 11.5. The lowest BCUT2D eigenvalue weighted by Crippen LogP contribution is -2.36. The van der Waals surface area contributed by atoms with E-state index >= 15 is 0 Å². The maximum absolute atomic E-state index is 12.5. The number of halogens is 1. The van der Waals surface area contributed by atoms with E-state index in [9.17, 15) is 4.79 Å². The van der Waals surface area contributed by atoms with E-state index in [-0.39, 0.29) is 5.91 Å². The number of fused-ring (bicyclic) bond motifs is 1. The number of benzene rings is 2. The van der Waals surface area contributed by atoms with Crippen molar-refractivity contribution in [1.29, 1.82) is 0 Å². The van der Waals surface area contributed by atoms with Crippen LogP contribution in [0.4, 0.5) is 5.69 Å². The van der Waals surface area contributed by atoms with Crippen molar-refractivity contribution in [3.63, 3.8) is 0 Å². The van der Waals surface area contributed by atoms with Crippen molar-refractivity contribution in [1.82, 2.24) is 4.90 Å². The van der Waals surface area contributed by atoms with Crippen molar-refractivity contribution >= 4 is 23.2 Å². The number of hydrogen-bond acceptors (Lipinski definition) is 4. The summed E-state index contributed by atoms with van der Waals surface area (Å²) in [5.41, 5.74) is 3.29. The summed E-state index contributed by atoms with van der Waals surface area (Å²) in [5.74, 6) is 1.58. The average molecular weight is 375 g/mol. The minimum absolute atomic E-state index is 0.145. The molecule has 0 saturated heterocycles. The third kappa shape index (κ3) is 4.22. The largest absolute Gasteiger partial charge is 0.493 e. The smallest absolute Gasteiger partial charge is 0.224 e. The molecule has 0 radical (unpaired) electrons. The van der Waals surface area contributed by atoms with Gasteiger partial charge >= 0.3 is 0 Å². The predicted molar refractivity (Wildman–Crippen MR) is 103 cm³/mol. The molecule has 26 heavy (non-hydrogen) atoms. The van der Waals surface area contributed by atoms with Gasteiger partial charge < -0.3 is 19.7 Å². The number of amides is 1. The molecule has 0 bridgehead atoms. The number of nitrogens with zero attached hydrogens (tertiary/aromatic N) is 1. The fraction of sp³-hybridized carbons (Fsp3) is 0.350. The van der Waals surface area contributed by atoms with Gasteiger partial charge in [0, 0.05) is 36.8 Å². The first-order valence-electron chi connectivity index (χ1n) is 8.61. The molecule has 138 valence electrons. The van der Waals surface area contributed by atoms with Crippen LogP contribution in [0.5, 0.6) is 11.5 Å². The van der Waals surface area contributed by atoms with Crippen LogP contribution in [0.1, 0.15) is 17.5 Å². The molecule has 1 aliphatic rings. The van der Waals surface area contributed by atoms with Gasteiger partial charge in [-0.05, 0) is 53.9 Å². The lowest BCUT2D eigenvalue weighted by molar-refractivity contribution is -0.131. The van der Waals surface area contributed by atoms with Gasteiger partial charge in [-0.1, -0.05) is 11.6 Å². The Kier molecular flexibility index (Phi) is 5.89. The third-order valence-corrected chi connectivity index (χ3v) is 4.83. The molecule has 3 rings (SSSR count). The number of ether oxygens (including phenoxy) is 2. The monoisotopic (exact) mass is 374 g/mol. The summed E-state index contributed by atoms with van der Waals surface area (Å²) < 4.78 is 10.7. The topological polar surface area (TPSA) is 50.8 Å². The molecule has 2 aromatic carbocycles. The van der Waals surface area contributed by atoms with E-state index < -0.39 is 0 Å². The molecule has 2 aromatic rings. The Labute approximate surface area is 158 Å². The van der Waals surface area contributed by atoms with E-state index in [2.05, 4.69) is 5.32 Å². The first-order chi connectivity index (χ1) is 12.6. The number of rotatable bonds is 6. The summed E-state index contributed by atoms with van der Waals surface area (Å²) in [7, 11) is 3.26. The molecular weight excluding hydrogens is 352 g/mol. The number of anilines is 1. The Morgan fingerprint density at radius 2 is 1.77 bits per heavy atom. The second kappa shape index (κ2) is 8.32. The highest BCUT2D eigenvalue weighted by Gasteiger charge is 2.22. The normalized spacial score (nSPS) is 13.1. The Morgan fingerprint density at radius 3 is 2.42 bits per heavy atom. The van der Waals surface area contributed by atoms with Crippen LogP contribution in [-0.4, -0.2) is 38.1 Å². The van der Waals surface area contributed by atoms with Crippen LogP contribution in [0.25, 0.3) is 0 Å². The van der Waals surface area contributed by atoms with E-state index in [4.69, 9.17) is 21.1 Å². The molecule has 1 aliphatic heterocycles. The first-order valence-corrected chi connectivity index (χ1v) is 8.99. The standard InChI is InChI=1S/C20H23ClN2O3/c1-25-18-11-14-8-10-23(13-15(14)12-19(18)26-2)20(24)7-9-22-17-5-3-16(21)4-6-17/h3-6,11-12,22H,7-10,13H2,1-2H3. The van der Waals surface area contributed by atoms with Crippen LogP contribution in [0.2, 0.25) is 5.02 Å². The SMILES string of the molecule is COc1cc2c(cc1OC)CN(C(=O)CCNc1ccc(Cl)cc1)CC2. The van der Waals surface area contributed by atoms with Gasteiger partial charge in [-0.15, -0.1) is 0 Å². The average Bonchev–Trinajstić information content (AvgIpc) is 2.67. The van der Waals surface area contributed by atoms with Crippen molar-refractivity contribution in [2.75, 3.05) is 32.6 Å². The summed E-state index contributed by atoms with van der Waals surface area (Å²) in [6.45, 7) is 1.92. The fourth-order valence-electron chi connectivity index (χ4n) is 3.14. The Morgan fingerprint density at radius 1 is 1.12 bits per heavy atom. The van der Waals surface area contributed by atoms with Gasteiger partial charge in [0.15, 0.2) is 11.5 Å². The molecule has 0 unspecified atom stereocenters. The Bertz CT molecular complexity index is 777. The van der Waals surface area contributed by atoms with Crippen LogP contribution >= 0.6 is 11.6 Å². The van der Waals surface area contributed by atoms with Gasteiger partial charge in [-0.25, -0.2) is 0 Å². The molecule has 1 amide bonds. The second-order valence-corrected chi connectivity index (χ2v) is 6.66. The lowest BCUT2D eigenvalue weighted by Gasteiger charge is -2.29. The van der Waals surface area contributed by atoms with Crippen molar-refractivity contribution in [2.24, 2.45) is 0 Å². The maximum Gasteiger partial charge on any atom is 0.224 e. The van der Waals surface area contributed by atoms with E-state index in [1.807, 2.05) is 41.3 Å². The van der Waals surface area contributed by atoms with Crippen LogP contribution in [0, 0.1) is 0 Å². The summed E-state index contributed by atoms with van der Waals surface area (Å²) in [6.07, 6.45) is 1.28. The van der Waals surface area contributed by atoms with E-state index in [0.29, 0.717) is 30.3 Å². The number of nitrogens with one attached hydrogen (secondary N) is 1. The molecule has 5 nitrogen and oxygen atoms in total. The summed E-state index contributed by atoms with van der Waals surface area (Å²) in [5, 5.41) is 3.95. The minimum Gasteiger partial charge on any atom is -0.493 e. The zero-order chi connectivity index (χ0) is 18.5. The zero-order valence-electron chi connectivity index (χ0n) is 15.0. The molecule has 1 heterocycles. The predicted octanol–water partition coefficient (Wildman–Crippen LogP) is 3.74. The van der Waals surface area contributed by atoms with Gasteiger partial charge in [-0.2, -0.15) is 0 Å². The van der Waals surface area contributed by atoms with Crippen molar-refractivity contribution in [3.05, 3.63) is 52.5 Å². The molecule has 0 saturated carbocycles. The van der Waals surface area contributed by atoms with E-state index in [0.717, 1.165) is 30.0 Å². The summed E-state index contributed by atoms with van der Waals surface area (Å²) in [4.78, 5) is 14.4. The van der Waals surface area contributed by atoms with Crippen molar-refractivity contribution in [2.45, 2.75) is 19.4 Å². The van der Waals surface area contributed by atoms with Gasteiger partial charge in [-0.3, -0.25) is 4.79 Å². The Balaban J connectivity index is 1.57. The minimum atomic E-state index is 0.145. The van der Waals surface area contributed by atoms with Crippen LogP contribution in [0.3, 0.4) is 0 Å². The second-order valence-electron chi connectivity index (χ2n) is 6.22. The molecule has 6 heteroatoms. The van der Waals surface area contributed by atoms with E-state index in [1.54, 1.807) is 14.2 Å². The fourth-order valence-corrected chi connectivity index (χ4v) is 3.26. The van der Waals surface area contributed by atoms with Gasteiger partial charge in [0.1, 0.15) is 0 Å². The van der Waals surface area contributed by atoms with Gasteiger partial charge in [0.05, 0.1) is 14.2 Å². The molecule has 0 aliphatic carbocycles. The summed E-state index contributed by atoms with van der Waals surface area (Å²) >= 11 is 5.87. The first kappa shape index (κ1) is 18.4. The highest BCUT2D eigenvalue weighted by Crippen LogP contribution is 2.33. The quantitative estimate of drug-likeness (QED) is 0.836. The number of methoxy groups -OCH3 is 2. The number of carbonyl (C=O) groups excluding carboxylic acids is 1. The highest BCUT2D eigenvalue weighted by molar-refractivity contribution is 6.30. The molecule has 1 N–H and O–H groups in total. The van der Waals surface area contributed by atoms with Crippen molar-refractivity contribution < 1.29 is 14.3 Å². The van der Waals surface area contributed by atoms with Crippen molar-refractivity contribution in [3.8, 4) is 11.5 Å². The molecule has 0 aromatic heterocycles. The highest BCUT2D eigenvalue weighted by atomic mass is 35.5. The van der Waals surface area contributed by atoms with Crippen LogP contribution in [-0.2, 0) is 17.8 Å². The molecule has 0 fully saturated rings. The lowest BCUT2D eigenvalue weighted by atomic mass is 9.98. The van der Waals surface area contributed by atoms with Gasteiger partial charge in [0.2, 0.25) is 5.91 Å². The number of carbonyl (C=O) groups is 1. The maximum atomic E-state index is 12.5. The van der Waals surface area contributed by atoms with Gasteiger partial charge in [0.25, 0.3) is 0 Å². The molecule has 0 spiro atoms. The molecular formula is C20H23ClN2O3. The number of hydrogen-bond donors (Lipinski definition) is 1.